The zero-order valence-corrected chi connectivity index (χ0v) is 35.3. The molecule has 330 valence electrons. The predicted octanol–water partition coefficient (Wildman–Crippen LogP) is 4.28. The number of nitrogens with one attached hydrogen (secondary N) is 4. The highest BCUT2D eigenvalue weighted by Crippen LogP contribution is 2.23. The molecule has 17 nitrogen and oxygen atoms in total. The van der Waals surface area contributed by atoms with E-state index in [2.05, 4.69) is 30.8 Å². The van der Waals surface area contributed by atoms with Gasteiger partial charge in [0.25, 0.3) is 0 Å². The quantitative estimate of drug-likeness (QED) is 0.0440. The fourth-order valence-electron chi connectivity index (χ4n) is 7.37. The van der Waals surface area contributed by atoms with Gasteiger partial charge in [0.1, 0.15) is 17.4 Å². The van der Waals surface area contributed by atoms with E-state index >= 15 is 0 Å². The molecule has 2 aromatic heterocycles. The molecule has 17 heteroatoms. The summed E-state index contributed by atoms with van der Waals surface area (Å²) in [5.74, 6) is -1.28. The lowest BCUT2D eigenvalue weighted by atomic mass is 10.0. The summed E-state index contributed by atoms with van der Waals surface area (Å²) in [5, 5.41) is 18.0. The summed E-state index contributed by atoms with van der Waals surface area (Å²) in [7, 11) is 1.47. The second kappa shape index (κ2) is 23.5. The number of aliphatic carboxylic acids is 1. The normalized spacial score (nSPS) is 14.1. The van der Waals surface area contributed by atoms with Crippen molar-refractivity contribution in [2.75, 3.05) is 38.6 Å². The third kappa shape index (κ3) is 14.9. The molecule has 0 radical (unpaired) electrons. The smallest absolute Gasteiger partial charge is 0.305 e. The van der Waals surface area contributed by atoms with Gasteiger partial charge in [-0.25, -0.2) is 9.97 Å². The average Bonchev–Trinajstić information content (AvgIpc) is 3.82. The molecule has 4 aromatic rings. The highest BCUT2D eigenvalue weighted by molar-refractivity contribution is 5.98. The lowest BCUT2D eigenvalue weighted by Gasteiger charge is -2.27. The Morgan fingerprint density at radius 2 is 1.71 bits per heavy atom. The number of carboxylic acid groups (broad SMARTS) is 1. The van der Waals surface area contributed by atoms with Gasteiger partial charge in [0, 0.05) is 50.3 Å². The number of hydrogen-bond donors (Lipinski definition) is 5. The highest BCUT2D eigenvalue weighted by Gasteiger charge is 2.37. The molecule has 0 spiro atoms. The number of aromatic amines is 1. The van der Waals surface area contributed by atoms with Gasteiger partial charge in [-0.3, -0.25) is 38.5 Å². The third-order valence-electron chi connectivity index (χ3n) is 10.5. The fraction of sp³-hybridized carbons (Fsp3) is 0.444. The Hall–Kier alpha value is -6.49. The summed E-state index contributed by atoms with van der Waals surface area (Å²) in [6.45, 7) is 2.97. The number of aromatic nitrogens is 3. The number of hydrogen-bond acceptors (Lipinski definition) is 11. The van der Waals surface area contributed by atoms with Crippen LogP contribution in [0.15, 0.2) is 66.9 Å². The first-order valence-corrected chi connectivity index (χ1v) is 21.0. The Morgan fingerprint density at radius 3 is 2.42 bits per heavy atom. The number of amides is 4. The zero-order valence-electron chi connectivity index (χ0n) is 35.3. The molecule has 1 aliphatic heterocycles. The summed E-state index contributed by atoms with van der Waals surface area (Å²) in [4.78, 5) is 102. The van der Waals surface area contributed by atoms with Crippen molar-refractivity contribution >= 4 is 57.9 Å². The predicted molar refractivity (Wildman–Crippen MR) is 230 cm³/mol. The summed E-state index contributed by atoms with van der Waals surface area (Å²) in [6, 6.07) is 16.8. The van der Waals surface area contributed by atoms with Crippen LogP contribution >= 0.6 is 0 Å². The average molecular weight is 853 g/mol. The monoisotopic (exact) mass is 852 g/mol. The number of fused-ring (bicyclic) bond motifs is 1. The number of rotatable bonds is 26. The molecular formula is C45H56N8O9. The van der Waals surface area contributed by atoms with E-state index in [4.69, 9.17) is 9.72 Å². The van der Waals surface area contributed by atoms with Gasteiger partial charge in [0.05, 0.1) is 56.2 Å². The van der Waals surface area contributed by atoms with E-state index in [1.165, 1.54) is 25.1 Å². The summed E-state index contributed by atoms with van der Waals surface area (Å²) in [6.07, 6.45) is 5.38. The number of methoxy groups -OCH3 is 1. The number of ether oxygens (including phenoxy) is 1. The van der Waals surface area contributed by atoms with Crippen molar-refractivity contribution < 1.29 is 43.4 Å². The third-order valence-corrected chi connectivity index (χ3v) is 10.5. The topological polar surface area (TPSA) is 233 Å². The minimum absolute atomic E-state index is 0.0527. The summed E-state index contributed by atoms with van der Waals surface area (Å²) >= 11 is 0. The van der Waals surface area contributed by atoms with Crippen molar-refractivity contribution in [3.8, 4) is 5.88 Å². The first-order valence-electron chi connectivity index (χ1n) is 21.0. The minimum Gasteiger partial charge on any atom is -0.481 e. The molecule has 4 amide bonds. The van der Waals surface area contributed by atoms with Gasteiger partial charge < -0.3 is 35.7 Å². The second-order valence-corrected chi connectivity index (χ2v) is 15.5. The van der Waals surface area contributed by atoms with E-state index in [0.717, 1.165) is 35.9 Å². The van der Waals surface area contributed by atoms with E-state index < -0.39 is 24.0 Å². The number of para-hydroxylation sites is 2. The molecule has 0 bridgehead atoms. The maximum absolute atomic E-state index is 13.8. The van der Waals surface area contributed by atoms with E-state index in [-0.39, 0.29) is 67.9 Å². The highest BCUT2D eigenvalue weighted by atomic mass is 16.5. The van der Waals surface area contributed by atoms with E-state index in [9.17, 15) is 38.7 Å². The molecular weight excluding hydrogens is 797 g/mol. The molecule has 5 N–H and O–H groups in total. The number of H-pyrrole nitrogens is 1. The number of nitrogens with zero attached hydrogens (tertiary/aromatic N) is 4. The Bertz CT molecular complexity index is 2140. The van der Waals surface area contributed by atoms with Crippen LogP contribution in [0.5, 0.6) is 5.88 Å². The number of unbranched alkanes of at least 4 members (excludes halogenated alkanes) is 2. The minimum atomic E-state index is -1.10. The van der Waals surface area contributed by atoms with Crippen LogP contribution in [0.2, 0.25) is 0 Å². The van der Waals surface area contributed by atoms with Gasteiger partial charge in [0.2, 0.25) is 29.5 Å². The van der Waals surface area contributed by atoms with E-state index in [1.807, 2.05) is 36.4 Å². The molecule has 5 rings (SSSR count). The number of likely N-dealkylation sites (tertiary alicyclic amines) is 1. The van der Waals surface area contributed by atoms with Crippen molar-refractivity contribution in [3.05, 3.63) is 83.8 Å². The molecule has 62 heavy (non-hydrogen) atoms. The summed E-state index contributed by atoms with van der Waals surface area (Å²) in [5.41, 5.74) is 3.76. The molecule has 1 unspecified atom stereocenters. The van der Waals surface area contributed by atoms with Crippen LogP contribution in [0.4, 0.5) is 5.69 Å². The van der Waals surface area contributed by atoms with Crippen LogP contribution in [0.3, 0.4) is 0 Å². The van der Waals surface area contributed by atoms with Crippen LogP contribution in [0, 0.1) is 0 Å². The van der Waals surface area contributed by atoms with Crippen molar-refractivity contribution in [1.82, 2.24) is 35.4 Å². The molecule has 0 aliphatic carbocycles. The SMILES string of the molecule is COc1ccc(C(CC(=O)O)NC(=O)CN2CC[C@H](N(CCCCCNC(=O)CCCC(=O)Nc3ccc(CCC(=O)CC(C)=O)cc3)Cc3nc4ccccc4[nH]3)C2=O)cn1. The lowest BCUT2D eigenvalue weighted by molar-refractivity contribution is -0.139. The molecule has 1 aliphatic rings. The maximum Gasteiger partial charge on any atom is 0.305 e. The Labute approximate surface area is 360 Å². The molecule has 1 saturated heterocycles. The largest absolute Gasteiger partial charge is 0.481 e. The van der Waals surface area contributed by atoms with Crippen LogP contribution in [0.1, 0.15) is 94.1 Å². The van der Waals surface area contributed by atoms with Gasteiger partial charge >= 0.3 is 5.97 Å². The number of imidazole rings is 1. The van der Waals surface area contributed by atoms with Crippen molar-refractivity contribution in [2.45, 2.75) is 96.2 Å². The first-order chi connectivity index (χ1) is 29.9. The van der Waals surface area contributed by atoms with Gasteiger partial charge in [-0.2, -0.15) is 0 Å². The number of Topliss-reactive ketones (excluding diaryl/α,β-unsaturated/α-hetero) is 2. The number of carbonyl (C=O) groups excluding carboxylic acids is 6. The van der Waals surface area contributed by atoms with Crippen LogP contribution in [-0.2, 0) is 46.5 Å². The standard InChI is InChI=1S/C45H56N8O9/c1-30(54)25-34(55)19-15-31-13-17-33(18-14-31)48-41(57)12-8-11-40(56)46-22-6-3-7-23-52(28-39-49-35-9-4-5-10-36(35)50-39)38-21-24-53(45(38)61)29-42(58)51-37(26-44(59)60)32-16-20-43(62-2)47-27-32/h4-5,9-10,13-14,16-18,20,27,37-38H,3,6-8,11-12,15,19,21-26,28-29H2,1-2H3,(H,46,56)(H,48,57)(H,49,50)(H,51,58)(H,59,60)/t37?,38-/m0/s1. The Kier molecular flexibility index (Phi) is 17.6. The number of ketones is 2. The first kappa shape index (κ1) is 46.6. The Morgan fingerprint density at radius 1 is 0.935 bits per heavy atom. The van der Waals surface area contributed by atoms with Gasteiger partial charge in [-0.05, 0) is 81.0 Å². The Balaban J connectivity index is 1.04. The molecule has 3 heterocycles. The summed E-state index contributed by atoms with van der Waals surface area (Å²) < 4.78 is 5.09. The van der Waals surface area contributed by atoms with Gasteiger partial charge in [-0.15, -0.1) is 0 Å². The molecule has 0 saturated carbocycles. The number of pyridine rings is 1. The van der Waals surface area contributed by atoms with Crippen LogP contribution in [-0.4, -0.2) is 110 Å². The second-order valence-electron chi connectivity index (χ2n) is 15.5. The molecule has 1 fully saturated rings. The van der Waals surface area contributed by atoms with E-state index in [1.54, 1.807) is 24.3 Å². The number of carboxylic acids is 1. The number of carbonyl (C=O) groups is 7. The molecule has 2 aromatic carbocycles. The van der Waals surface area contributed by atoms with Crippen molar-refractivity contribution in [1.29, 1.82) is 0 Å². The number of anilines is 1. The van der Waals surface area contributed by atoms with Gasteiger partial charge in [-0.1, -0.05) is 36.8 Å². The van der Waals surface area contributed by atoms with Crippen LogP contribution < -0.4 is 20.7 Å². The van der Waals surface area contributed by atoms with Gasteiger partial charge in [0.15, 0.2) is 0 Å². The van der Waals surface area contributed by atoms with Crippen molar-refractivity contribution in [2.24, 2.45) is 0 Å². The fourth-order valence-corrected chi connectivity index (χ4v) is 7.37. The lowest BCUT2D eigenvalue weighted by Crippen LogP contribution is -2.45. The number of benzene rings is 2. The van der Waals surface area contributed by atoms with E-state index in [0.29, 0.717) is 68.4 Å². The maximum atomic E-state index is 13.8. The molecule has 2 atom stereocenters. The van der Waals surface area contributed by atoms with Crippen molar-refractivity contribution in [3.63, 3.8) is 0 Å². The number of aryl methyl sites for hydroxylation is 1. The van der Waals surface area contributed by atoms with Crippen LogP contribution in [0.25, 0.3) is 11.0 Å². The zero-order chi connectivity index (χ0) is 44.4.